The summed E-state index contributed by atoms with van der Waals surface area (Å²) < 4.78 is 0. The van der Waals surface area contributed by atoms with Gasteiger partial charge in [0.25, 0.3) is 0 Å². The Morgan fingerprint density at radius 2 is 2.20 bits per heavy atom. The highest BCUT2D eigenvalue weighted by Gasteiger charge is 1.89. The Bertz CT molecular complexity index is 93.6. The summed E-state index contributed by atoms with van der Waals surface area (Å²) in [6.45, 7) is 4.07. The Kier molecular flexibility index (Phi) is 6.48. The fourth-order valence-electron chi connectivity index (χ4n) is 0.592. The molecule has 2 N–H and O–H groups in total. The highest BCUT2D eigenvalue weighted by Crippen LogP contribution is 1.84. The first-order chi connectivity index (χ1) is 4.81. The zero-order valence-corrected chi connectivity index (χ0v) is 6.71. The van der Waals surface area contributed by atoms with Crippen LogP contribution in [-0.2, 0) is 4.84 Å². The van der Waals surface area contributed by atoms with Crippen LogP contribution in [0, 0.1) is 0 Å². The molecular weight excluding hydrogens is 128 g/mol. The minimum Gasteiger partial charge on any atom is -0.327 e. The van der Waals surface area contributed by atoms with E-state index in [1.165, 1.54) is 0 Å². The van der Waals surface area contributed by atoms with Gasteiger partial charge in [-0.2, -0.15) is 5.06 Å². The van der Waals surface area contributed by atoms with Gasteiger partial charge in [-0.15, -0.1) is 0 Å². The summed E-state index contributed by atoms with van der Waals surface area (Å²) in [7, 11) is 1.89. The average Bonchev–Trinajstić information content (AvgIpc) is 1.89. The van der Waals surface area contributed by atoms with Crippen molar-refractivity contribution in [3.05, 3.63) is 12.2 Å². The van der Waals surface area contributed by atoms with E-state index >= 15 is 0 Å². The highest BCUT2D eigenvalue weighted by atomic mass is 16.7. The summed E-state index contributed by atoms with van der Waals surface area (Å²) in [6, 6.07) is 0. The predicted molar refractivity (Wildman–Crippen MR) is 42.5 cm³/mol. The Morgan fingerprint density at radius 3 is 2.70 bits per heavy atom. The molecule has 0 aromatic rings. The van der Waals surface area contributed by atoms with Crippen molar-refractivity contribution in [2.75, 3.05) is 26.7 Å². The molecule has 0 spiro atoms. The Morgan fingerprint density at radius 1 is 1.50 bits per heavy atom. The van der Waals surface area contributed by atoms with Crippen LogP contribution in [0.5, 0.6) is 0 Å². The first kappa shape index (κ1) is 9.62. The number of likely N-dealkylation sites (N-methyl/N-ethyl adjacent to an activating group) is 1. The molecule has 0 aromatic heterocycles. The standard InChI is InChI=1S/C7H16N2O/c1-3-10-9(2)7-5-4-6-8/h4-5H,3,6-8H2,1-2H3/b5-4+. The minimum absolute atomic E-state index is 0.597. The van der Waals surface area contributed by atoms with Gasteiger partial charge in [-0.1, -0.05) is 12.2 Å². The summed E-state index contributed by atoms with van der Waals surface area (Å²) >= 11 is 0. The van der Waals surface area contributed by atoms with E-state index in [1.54, 1.807) is 5.06 Å². The molecule has 0 saturated heterocycles. The maximum Gasteiger partial charge on any atom is 0.0656 e. The van der Waals surface area contributed by atoms with Gasteiger partial charge in [0.15, 0.2) is 0 Å². The van der Waals surface area contributed by atoms with Gasteiger partial charge >= 0.3 is 0 Å². The van der Waals surface area contributed by atoms with Gasteiger partial charge in [-0.25, -0.2) is 0 Å². The van der Waals surface area contributed by atoms with Crippen molar-refractivity contribution in [3.63, 3.8) is 0 Å². The second-order valence-corrected chi connectivity index (χ2v) is 1.94. The molecule has 0 rings (SSSR count). The number of rotatable bonds is 5. The van der Waals surface area contributed by atoms with E-state index in [9.17, 15) is 0 Å². The minimum atomic E-state index is 0.597. The average molecular weight is 144 g/mol. The fourth-order valence-corrected chi connectivity index (χ4v) is 0.592. The Balaban J connectivity index is 3.20. The molecule has 0 aromatic carbocycles. The lowest BCUT2D eigenvalue weighted by Gasteiger charge is -2.11. The van der Waals surface area contributed by atoms with Crippen LogP contribution in [0.1, 0.15) is 6.92 Å². The molecule has 0 bridgehead atoms. The maximum atomic E-state index is 5.24. The highest BCUT2D eigenvalue weighted by molar-refractivity contribution is 4.83. The van der Waals surface area contributed by atoms with Crippen molar-refractivity contribution in [1.29, 1.82) is 0 Å². The monoisotopic (exact) mass is 144 g/mol. The zero-order valence-electron chi connectivity index (χ0n) is 6.71. The first-order valence-corrected chi connectivity index (χ1v) is 3.50. The van der Waals surface area contributed by atoms with Crippen LogP contribution in [0.25, 0.3) is 0 Å². The van der Waals surface area contributed by atoms with E-state index in [-0.39, 0.29) is 0 Å². The summed E-state index contributed by atoms with van der Waals surface area (Å²) in [5, 5.41) is 1.77. The van der Waals surface area contributed by atoms with Gasteiger partial charge in [0.2, 0.25) is 0 Å². The van der Waals surface area contributed by atoms with E-state index in [0.717, 1.165) is 6.54 Å². The van der Waals surface area contributed by atoms with Gasteiger partial charge in [-0.3, -0.25) is 4.84 Å². The lowest BCUT2D eigenvalue weighted by Crippen LogP contribution is -2.18. The molecule has 0 heterocycles. The SMILES string of the molecule is CCON(C)C/C=C/CN. The largest absolute Gasteiger partial charge is 0.327 e. The molecule has 0 saturated carbocycles. The quantitative estimate of drug-likeness (QED) is 0.448. The van der Waals surface area contributed by atoms with Crippen molar-refractivity contribution < 1.29 is 4.84 Å². The summed E-state index contributed by atoms with van der Waals surface area (Å²) in [6.07, 6.45) is 3.89. The Hall–Kier alpha value is -0.380. The summed E-state index contributed by atoms with van der Waals surface area (Å²) in [4.78, 5) is 5.13. The number of nitrogens with zero attached hydrogens (tertiary/aromatic N) is 1. The zero-order chi connectivity index (χ0) is 7.82. The normalized spacial score (nSPS) is 11.6. The number of hydroxylamine groups is 2. The summed E-state index contributed by atoms with van der Waals surface area (Å²) in [5.41, 5.74) is 5.24. The number of nitrogens with two attached hydrogens (primary N) is 1. The van der Waals surface area contributed by atoms with E-state index in [0.29, 0.717) is 13.2 Å². The molecule has 3 nitrogen and oxygen atoms in total. The van der Waals surface area contributed by atoms with Gasteiger partial charge in [0, 0.05) is 20.1 Å². The van der Waals surface area contributed by atoms with Crippen molar-refractivity contribution in [2.45, 2.75) is 6.92 Å². The molecule has 0 aliphatic heterocycles. The van der Waals surface area contributed by atoms with Crippen molar-refractivity contribution >= 4 is 0 Å². The number of hydrogen-bond acceptors (Lipinski definition) is 3. The second kappa shape index (κ2) is 6.74. The molecule has 0 unspecified atom stereocenters. The molecule has 0 radical (unpaired) electrons. The van der Waals surface area contributed by atoms with E-state index in [1.807, 2.05) is 26.1 Å². The molecule has 0 aliphatic carbocycles. The summed E-state index contributed by atoms with van der Waals surface area (Å²) in [5.74, 6) is 0. The third-order valence-corrected chi connectivity index (χ3v) is 1.01. The smallest absolute Gasteiger partial charge is 0.0656 e. The van der Waals surface area contributed by atoms with Crippen LogP contribution in [0.4, 0.5) is 0 Å². The molecule has 60 valence electrons. The van der Waals surface area contributed by atoms with Crippen LogP contribution in [0.3, 0.4) is 0 Å². The molecule has 0 amide bonds. The maximum absolute atomic E-state index is 5.24. The van der Waals surface area contributed by atoms with Gasteiger partial charge in [-0.05, 0) is 6.92 Å². The second-order valence-electron chi connectivity index (χ2n) is 1.94. The van der Waals surface area contributed by atoms with Crippen LogP contribution in [0.2, 0.25) is 0 Å². The van der Waals surface area contributed by atoms with Crippen molar-refractivity contribution in [2.24, 2.45) is 5.73 Å². The fraction of sp³-hybridized carbons (Fsp3) is 0.714. The van der Waals surface area contributed by atoms with Gasteiger partial charge in [0.1, 0.15) is 0 Å². The molecule has 0 atom stereocenters. The molecule has 0 aliphatic rings. The molecule has 10 heavy (non-hydrogen) atoms. The lowest BCUT2D eigenvalue weighted by molar-refractivity contribution is -0.126. The van der Waals surface area contributed by atoms with Gasteiger partial charge in [0.05, 0.1) is 6.61 Å². The molecule has 0 fully saturated rings. The first-order valence-electron chi connectivity index (χ1n) is 3.50. The van der Waals surface area contributed by atoms with Crippen LogP contribution >= 0.6 is 0 Å². The topological polar surface area (TPSA) is 38.5 Å². The van der Waals surface area contributed by atoms with Crippen LogP contribution in [0.15, 0.2) is 12.2 Å². The Labute approximate surface area is 62.4 Å². The van der Waals surface area contributed by atoms with E-state index in [2.05, 4.69) is 0 Å². The van der Waals surface area contributed by atoms with Crippen molar-refractivity contribution in [1.82, 2.24) is 5.06 Å². The third-order valence-electron chi connectivity index (χ3n) is 1.01. The van der Waals surface area contributed by atoms with E-state index in [4.69, 9.17) is 10.6 Å². The molecular formula is C7H16N2O. The van der Waals surface area contributed by atoms with Crippen molar-refractivity contribution in [3.8, 4) is 0 Å². The van der Waals surface area contributed by atoms with Gasteiger partial charge < -0.3 is 5.73 Å². The third kappa shape index (κ3) is 5.75. The lowest BCUT2D eigenvalue weighted by atomic mass is 10.5. The number of hydrogen-bond donors (Lipinski definition) is 1. The van der Waals surface area contributed by atoms with E-state index < -0.39 is 0 Å². The van der Waals surface area contributed by atoms with Crippen LogP contribution in [-0.4, -0.2) is 31.8 Å². The van der Waals surface area contributed by atoms with Crippen LogP contribution < -0.4 is 5.73 Å². The molecule has 3 heteroatoms. The predicted octanol–water partition coefficient (Wildman–Crippen LogP) is 0.385.